The number of benzene rings is 8. The molecule has 7 nitrogen and oxygen atoms in total. The van der Waals surface area contributed by atoms with E-state index in [0.29, 0.717) is 32.1 Å². The van der Waals surface area contributed by atoms with Crippen molar-refractivity contribution in [3.8, 4) is 33.8 Å². The summed E-state index contributed by atoms with van der Waals surface area (Å²) in [6.45, 7) is 1.59. The Balaban J connectivity index is 0.000000230. The highest BCUT2D eigenvalue weighted by atomic mass is 35.5. The standard InChI is InChI=1S/C28H25NO2.C14H13ClO.C14H12O2.CH3F.H3N/c30-28(19-22-14-16-26(17-15-22)25-11-5-2-6-12-25)29-20-24-10-7-13-27(18-24)31-21-23-8-3-1-4-9-23;15-10-13-7-4-8-14(9-13)16-11-12-5-2-1-3-6-12;15-14(16)10-11-6-8-13(9-7-11)12-4-2-1-3-5-12;1-2;/h1-18H,19-21H2,(H,29,30);1-9H,10-11H2;1-9H,10H2,(H,15,16);1H3;1H3/i;;;1D;. The molecule has 0 atom stereocenters. The second-order valence-electron chi connectivity index (χ2n) is 14.6. The van der Waals surface area contributed by atoms with Crippen LogP contribution in [0.2, 0.25) is 0 Å². The minimum Gasteiger partial charge on any atom is -0.489 e. The summed E-state index contributed by atoms with van der Waals surface area (Å²) in [5.74, 6) is 1.38. The quantitative estimate of drug-likeness (QED) is 0.0882. The number of alkyl halides is 2. The van der Waals surface area contributed by atoms with E-state index in [1.54, 1.807) is 0 Å². The van der Waals surface area contributed by atoms with Crippen LogP contribution in [0.15, 0.2) is 218 Å². The molecule has 9 heteroatoms. The first-order valence-corrected chi connectivity index (χ1v) is 21.5. The molecule has 0 heterocycles. The number of nitrogens with one attached hydrogen (secondary N) is 1. The molecule has 0 aliphatic heterocycles. The molecule has 66 heavy (non-hydrogen) atoms. The van der Waals surface area contributed by atoms with Crippen molar-refractivity contribution < 1.29 is 29.9 Å². The van der Waals surface area contributed by atoms with Gasteiger partial charge in [-0.1, -0.05) is 194 Å². The second kappa shape index (κ2) is 29.0. The lowest BCUT2D eigenvalue weighted by molar-refractivity contribution is -0.136. The molecule has 0 radical (unpaired) electrons. The van der Waals surface area contributed by atoms with Gasteiger partial charge in [-0.2, -0.15) is 0 Å². The van der Waals surface area contributed by atoms with Crippen LogP contribution in [0.25, 0.3) is 22.3 Å². The van der Waals surface area contributed by atoms with Crippen LogP contribution in [0.3, 0.4) is 0 Å². The first kappa shape index (κ1) is 49.5. The summed E-state index contributed by atoms with van der Waals surface area (Å²) in [4.78, 5) is 22.9. The highest BCUT2D eigenvalue weighted by molar-refractivity contribution is 6.17. The fourth-order valence-electron chi connectivity index (χ4n) is 6.46. The van der Waals surface area contributed by atoms with Crippen LogP contribution in [-0.2, 0) is 48.1 Å². The second-order valence-corrected chi connectivity index (χ2v) is 14.9. The zero-order valence-corrected chi connectivity index (χ0v) is 37.5. The van der Waals surface area contributed by atoms with Crippen LogP contribution < -0.4 is 20.9 Å². The molecule has 0 aliphatic carbocycles. The molecule has 338 valence electrons. The Hall–Kier alpha value is -7.52. The van der Waals surface area contributed by atoms with Crippen LogP contribution in [0, 0.1) is 0 Å². The number of ether oxygens (including phenoxy) is 2. The lowest BCUT2D eigenvalue weighted by Crippen LogP contribution is -2.24. The molecule has 5 N–H and O–H groups in total. The SMILES string of the molecule is ClCc1cccc(OCc2ccccc2)c1.N.O=C(Cc1ccc(-c2ccccc2)cc1)NCc1cccc(OCc2ccccc2)c1.O=C(O)Cc1ccc(-c2ccccc2)cc1.[2H]CF. The number of carboxylic acids is 1. The van der Waals surface area contributed by atoms with Crippen LogP contribution in [0.4, 0.5) is 4.39 Å². The molecular weight excluding hydrogens is 847 g/mol. The maximum absolute atomic E-state index is 12.4. The summed E-state index contributed by atoms with van der Waals surface area (Å²) in [5.41, 5.74) is 10.8. The summed E-state index contributed by atoms with van der Waals surface area (Å²) in [7, 11) is -1.00. The fourth-order valence-corrected chi connectivity index (χ4v) is 6.63. The number of carboxylic acid groups (broad SMARTS) is 1. The maximum Gasteiger partial charge on any atom is 0.307 e. The van der Waals surface area contributed by atoms with Gasteiger partial charge in [-0.05, 0) is 79.9 Å². The number of rotatable bonds is 15. The van der Waals surface area contributed by atoms with Gasteiger partial charge >= 0.3 is 5.97 Å². The van der Waals surface area contributed by atoms with Gasteiger partial charge in [-0.3, -0.25) is 14.0 Å². The van der Waals surface area contributed by atoms with Crippen molar-refractivity contribution in [1.82, 2.24) is 11.5 Å². The normalized spacial score (nSPS) is 10.1. The number of halogens is 2. The first-order chi connectivity index (χ1) is 32.3. The molecule has 0 spiro atoms. The molecule has 8 rings (SSSR count). The Kier molecular flexibility index (Phi) is 21.8. The fraction of sp³-hybridized carbons (Fsp3) is 0.123. The number of carbonyl (C=O) groups excluding carboxylic acids is 1. The predicted molar refractivity (Wildman–Crippen MR) is 267 cm³/mol. The molecule has 0 fully saturated rings. The summed E-state index contributed by atoms with van der Waals surface area (Å²) < 4.78 is 27.0. The Labute approximate surface area is 394 Å². The number of carbonyl (C=O) groups is 2. The number of aliphatic carboxylic acids is 1. The third-order valence-corrected chi connectivity index (χ3v) is 10.1. The van der Waals surface area contributed by atoms with E-state index in [0.717, 1.165) is 56.0 Å². The topological polar surface area (TPSA) is 120 Å². The third kappa shape index (κ3) is 18.3. The molecular formula is C57H56ClFN2O5. The molecule has 1 amide bonds. The van der Waals surface area contributed by atoms with Crippen molar-refractivity contribution in [2.45, 2.75) is 38.5 Å². The molecule has 0 unspecified atom stereocenters. The van der Waals surface area contributed by atoms with E-state index in [9.17, 15) is 14.0 Å². The van der Waals surface area contributed by atoms with Crippen LogP contribution >= 0.6 is 11.6 Å². The summed E-state index contributed by atoms with van der Waals surface area (Å²) in [6.07, 6.45) is 0.439. The van der Waals surface area contributed by atoms with Crippen molar-refractivity contribution >= 4 is 23.5 Å². The molecule has 0 aromatic heterocycles. The van der Waals surface area contributed by atoms with Crippen molar-refractivity contribution in [3.63, 3.8) is 0 Å². The average molecular weight is 905 g/mol. The van der Waals surface area contributed by atoms with E-state index in [4.69, 9.17) is 27.6 Å². The highest BCUT2D eigenvalue weighted by Gasteiger charge is 2.06. The van der Waals surface area contributed by atoms with Crippen molar-refractivity contribution in [2.24, 2.45) is 0 Å². The summed E-state index contributed by atoms with van der Waals surface area (Å²) >= 11 is 5.76. The van der Waals surface area contributed by atoms with Gasteiger partial charge in [0.05, 0.1) is 21.4 Å². The van der Waals surface area contributed by atoms with Gasteiger partial charge in [-0.15, -0.1) is 11.6 Å². The summed E-state index contributed by atoms with van der Waals surface area (Å²) in [6, 6.07) is 71.9. The van der Waals surface area contributed by atoms with E-state index >= 15 is 0 Å². The van der Waals surface area contributed by atoms with Crippen LogP contribution in [0.5, 0.6) is 11.5 Å². The van der Waals surface area contributed by atoms with Gasteiger partial charge < -0.3 is 26.0 Å². The van der Waals surface area contributed by atoms with Gasteiger partial charge in [0.15, 0.2) is 0 Å². The smallest absolute Gasteiger partial charge is 0.307 e. The number of hydrogen-bond acceptors (Lipinski definition) is 5. The summed E-state index contributed by atoms with van der Waals surface area (Å²) in [5, 5.41) is 11.7. The van der Waals surface area contributed by atoms with Gasteiger partial charge in [0.2, 0.25) is 5.91 Å². The zero-order chi connectivity index (χ0) is 46.6. The van der Waals surface area contributed by atoms with Crippen LogP contribution in [0.1, 0.15) is 34.8 Å². The van der Waals surface area contributed by atoms with Crippen molar-refractivity contribution in [1.29, 1.82) is 0 Å². The van der Waals surface area contributed by atoms with Gasteiger partial charge in [0.25, 0.3) is 0 Å². The minimum atomic E-state index is -1.00. The van der Waals surface area contributed by atoms with E-state index in [1.165, 1.54) is 11.1 Å². The van der Waals surface area contributed by atoms with Gasteiger partial charge in [-0.25, -0.2) is 0 Å². The largest absolute Gasteiger partial charge is 0.489 e. The predicted octanol–water partition coefficient (Wildman–Crippen LogP) is 13.5. The average Bonchev–Trinajstić information content (AvgIpc) is 3.37. The zero-order valence-electron chi connectivity index (χ0n) is 37.8. The molecule has 8 aromatic carbocycles. The monoisotopic (exact) mass is 903 g/mol. The van der Waals surface area contributed by atoms with Crippen LogP contribution in [-0.4, -0.2) is 24.1 Å². The lowest BCUT2D eigenvalue weighted by Gasteiger charge is -2.10. The Morgan fingerprint density at radius 1 is 0.500 bits per heavy atom. The Morgan fingerprint density at radius 2 is 0.864 bits per heavy atom. The molecule has 0 saturated heterocycles. The lowest BCUT2D eigenvalue weighted by atomic mass is 10.0. The Bertz CT molecular complexity index is 2610. The first-order valence-electron chi connectivity index (χ1n) is 21.7. The van der Waals surface area contributed by atoms with E-state index in [1.807, 2.05) is 194 Å². The maximum atomic E-state index is 12.4. The Morgan fingerprint density at radius 3 is 1.29 bits per heavy atom. The van der Waals surface area contributed by atoms with Crippen molar-refractivity contribution in [2.75, 3.05) is 7.15 Å². The van der Waals surface area contributed by atoms with Gasteiger partial charge in [0, 0.05) is 12.4 Å². The minimum absolute atomic E-state index is 0. The number of amides is 1. The number of hydrogen-bond donors (Lipinski definition) is 3. The van der Waals surface area contributed by atoms with Gasteiger partial charge in [0.1, 0.15) is 24.7 Å². The third-order valence-electron chi connectivity index (χ3n) is 9.78. The molecule has 0 aliphatic rings. The molecule has 0 bridgehead atoms. The highest BCUT2D eigenvalue weighted by Crippen LogP contribution is 2.21. The van der Waals surface area contributed by atoms with E-state index < -0.39 is 13.1 Å². The van der Waals surface area contributed by atoms with E-state index in [-0.39, 0.29) is 18.5 Å². The molecule has 8 aromatic rings. The van der Waals surface area contributed by atoms with E-state index in [2.05, 4.69) is 29.6 Å². The van der Waals surface area contributed by atoms with Crippen molar-refractivity contribution in [3.05, 3.63) is 252 Å². The molecule has 0 saturated carbocycles.